The van der Waals surface area contributed by atoms with Crippen molar-refractivity contribution in [2.45, 2.75) is 122 Å². The number of unbranched alkanes of at least 4 members (excludes halogenated alkanes) is 10. The molecule has 0 spiro atoms. The maximum Gasteiger partial charge on any atom is 0.306 e. The van der Waals surface area contributed by atoms with E-state index in [1.807, 2.05) is 12.1 Å². The van der Waals surface area contributed by atoms with Gasteiger partial charge in [0.15, 0.2) is 0 Å². The number of carbonyl (C=O) groups is 1. The average molecular weight is 597 g/mol. The van der Waals surface area contributed by atoms with Gasteiger partial charge < -0.3 is 18.7 Å². The number of esters is 1. The summed E-state index contributed by atoms with van der Waals surface area (Å²) in [4.78, 5) is 12.6. The lowest BCUT2D eigenvalue weighted by atomic mass is 10.0. The lowest BCUT2D eigenvalue weighted by Gasteiger charge is -2.24. The van der Waals surface area contributed by atoms with Gasteiger partial charge in [-0.1, -0.05) is 112 Å². The number of quaternary nitrogens is 1. The highest BCUT2D eigenvalue weighted by Gasteiger charge is 2.16. The number of nitrogens with zero attached hydrogens (tertiary/aromatic N) is 1. The quantitative estimate of drug-likeness (QED) is 0.0586. The van der Waals surface area contributed by atoms with Crippen molar-refractivity contribution in [1.29, 1.82) is 0 Å². The molecule has 5 nitrogen and oxygen atoms in total. The fourth-order valence-electron chi connectivity index (χ4n) is 5.30. The Labute approximate surface area is 263 Å². The summed E-state index contributed by atoms with van der Waals surface area (Å²) < 4.78 is 18.5. The summed E-state index contributed by atoms with van der Waals surface area (Å²) in [7, 11) is 6.51. The highest BCUT2D eigenvalue weighted by molar-refractivity contribution is 5.69. The average Bonchev–Trinajstić information content (AvgIpc) is 2.99. The number of hydrogen-bond donors (Lipinski definition) is 0. The van der Waals surface area contributed by atoms with Gasteiger partial charge in [0.05, 0.1) is 47.3 Å². The summed E-state index contributed by atoms with van der Waals surface area (Å²) in [6.07, 6.45) is 17.9. The zero-order chi connectivity index (χ0) is 30.9. The first-order chi connectivity index (χ1) is 20.9. The van der Waals surface area contributed by atoms with Gasteiger partial charge in [0.25, 0.3) is 0 Å². The highest BCUT2D eigenvalue weighted by Crippen LogP contribution is 2.18. The topological polar surface area (TPSA) is 44.8 Å². The molecular weight excluding hydrogens is 534 g/mol. The van der Waals surface area contributed by atoms with Crippen LogP contribution in [0.15, 0.2) is 60.7 Å². The van der Waals surface area contributed by atoms with Crippen LogP contribution in [0.2, 0.25) is 0 Å². The molecule has 0 aliphatic heterocycles. The molecule has 2 rings (SSSR count). The fraction of sp³-hybridized carbons (Fsp3) is 0.658. The summed E-state index contributed by atoms with van der Waals surface area (Å²) in [5.74, 6) is -0.00976. The predicted molar refractivity (Wildman–Crippen MR) is 179 cm³/mol. The van der Waals surface area contributed by atoms with E-state index >= 15 is 0 Å². The number of benzene rings is 2. The first-order valence-electron chi connectivity index (χ1n) is 17.2. The first kappa shape index (κ1) is 37.0. The van der Waals surface area contributed by atoms with Crippen molar-refractivity contribution < 1.29 is 23.5 Å². The van der Waals surface area contributed by atoms with E-state index < -0.39 is 0 Å². The Hall–Kier alpha value is -2.21. The molecule has 0 N–H and O–H groups in total. The fourth-order valence-corrected chi connectivity index (χ4v) is 5.30. The molecule has 0 saturated heterocycles. The van der Waals surface area contributed by atoms with Crippen LogP contribution in [0.1, 0.15) is 114 Å². The molecule has 2 aromatic rings. The molecular formula is C38H62NO4+. The summed E-state index contributed by atoms with van der Waals surface area (Å²) in [5.41, 5.74) is 2.48. The van der Waals surface area contributed by atoms with E-state index in [0.717, 1.165) is 69.2 Å². The Balaban J connectivity index is 1.52. The van der Waals surface area contributed by atoms with E-state index in [4.69, 9.17) is 14.2 Å². The zero-order valence-electron chi connectivity index (χ0n) is 27.8. The second-order valence-electron chi connectivity index (χ2n) is 13.1. The molecule has 0 bridgehead atoms. The molecule has 2 aromatic carbocycles. The minimum Gasteiger partial charge on any atom is -0.462 e. The molecule has 0 aliphatic carbocycles. The first-order valence-corrected chi connectivity index (χ1v) is 17.2. The van der Waals surface area contributed by atoms with Crippen molar-refractivity contribution >= 4 is 5.97 Å². The Bertz CT molecular complexity index is 853. The standard InChI is InChI=1S/C38H62NO4/c1-39(2,3)30-22-29-38(40)43-37(27-18-8-4-6-10-20-31-41-33-35-23-14-12-15-24-35)28-19-9-5-7-11-21-32-42-34-36-25-16-13-17-26-36/h12-17,23-26,37H,4-11,18-22,27-34H2,1-3H3/q+1. The van der Waals surface area contributed by atoms with E-state index in [-0.39, 0.29) is 12.1 Å². The van der Waals surface area contributed by atoms with Crippen LogP contribution in [0.25, 0.3) is 0 Å². The van der Waals surface area contributed by atoms with Gasteiger partial charge in [-0.25, -0.2) is 0 Å². The predicted octanol–water partition coefficient (Wildman–Crippen LogP) is 9.28. The van der Waals surface area contributed by atoms with Crippen LogP contribution in [0.5, 0.6) is 0 Å². The normalized spacial score (nSPS) is 11.7. The van der Waals surface area contributed by atoms with Crippen LogP contribution in [-0.4, -0.2) is 57.5 Å². The summed E-state index contributed by atoms with van der Waals surface area (Å²) in [6, 6.07) is 20.8. The minimum absolute atomic E-state index is 0.00976. The summed E-state index contributed by atoms with van der Waals surface area (Å²) in [5, 5.41) is 0. The zero-order valence-corrected chi connectivity index (χ0v) is 27.8. The molecule has 0 fully saturated rings. The van der Waals surface area contributed by atoms with Gasteiger partial charge in [-0.2, -0.15) is 0 Å². The van der Waals surface area contributed by atoms with Crippen LogP contribution in [-0.2, 0) is 32.2 Å². The van der Waals surface area contributed by atoms with Crippen molar-refractivity contribution in [1.82, 2.24) is 0 Å². The van der Waals surface area contributed by atoms with Crippen LogP contribution >= 0.6 is 0 Å². The Morgan fingerprint density at radius 1 is 0.581 bits per heavy atom. The van der Waals surface area contributed by atoms with E-state index in [0.29, 0.717) is 19.6 Å². The van der Waals surface area contributed by atoms with Crippen LogP contribution < -0.4 is 0 Å². The molecule has 0 amide bonds. The van der Waals surface area contributed by atoms with E-state index in [2.05, 4.69) is 69.7 Å². The van der Waals surface area contributed by atoms with E-state index in [9.17, 15) is 4.79 Å². The van der Waals surface area contributed by atoms with Gasteiger partial charge in [-0.05, 0) is 49.7 Å². The van der Waals surface area contributed by atoms with Crippen LogP contribution in [0.3, 0.4) is 0 Å². The molecule has 0 unspecified atom stereocenters. The molecule has 0 aromatic heterocycles. The highest BCUT2D eigenvalue weighted by atomic mass is 16.5. The van der Waals surface area contributed by atoms with Crippen LogP contribution in [0, 0.1) is 0 Å². The monoisotopic (exact) mass is 596 g/mol. The van der Waals surface area contributed by atoms with Crippen molar-refractivity contribution in [3.63, 3.8) is 0 Å². The number of hydrogen-bond acceptors (Lipinski definition) is 4. The third kappa shape index (κ3) is 22.0. The minimum atomic E-state index is -0.00976. The molecule has 0 aliphatic rings. The van der Waals surface area contributed by atoms with Crippen molar-refractivity contribution in [3.8, 4) is 0 Å². The maximum atomic E-state index is 12.6. The molecule has 0 heterocycles. The smallest absolute Gasteiger partial charge is 0.306 e. The second-order valence-corrected chi connectivity index (χ2v) is 13.1. The lowest BCUT2D eigenvalue weighted by molar-refractivity contribution is -0.870. The van der Waals surface area contributed by atoms with Crippen molar-refractivity contribution in [2.75, 3.05) is 40.9 Å². The SMILES string of the molecule is C[N+](C)(C)CCCC(=O)OC(CCCCCCCCOCc1ccccc1)CCCCCCCCOCc1ccccc1. The van der Waals surface area contributed by atoms with Crippen molar-refractivity contribution in [3.05, 3.63) is 71.8 Å². The van der Waals surface area contributed by atoms with Gasteiger partial charge in [-0.15, -0.1) is 0 Å². The number of carbonyl (C=O) groups excluding carboxylic acids is 1. The van der Waals surface area contributed by atoms with Crippen molar-refractivity contribution in [2.24, 2.45) is 0 Å². The lowest BCUT2D eigenvalue weighted by Crippen LogP contribution is -2.35. The molecule has 0 radical (unpaired) electrons. The van der Waals surface area contributed by atoms with Gasteiger partial charge >= 0.3 is 5.97 Å². The molecule has 43 heavy (non-hydrogen) atoms. The largest absolute Gasteiger partial charge is 0.462 e. The third-order valence-corrected chi connectivity index (χ3v) is 7.86. The number of ether oxygens (including phenoxy) is 3. The van der Waals surface area contributed by atoms with Gasteiger partial charge in [0, 0.05) is 19.6 Å². The molecule has 5 heteroatoms. The van der Waals surface area contributed by atoms with Gasteiger partial charge in [-0.3, -0.25) is 4.79 Å². The Morgan fingerprint density at radius 2 is 1.00 bits per heavy atom. The third-order valence-electron chi connectivity index (χ3n) is 7.86. The Kier molecular flexibility index (Phi) is 20.8. The maximum absolute atomic E-state index is 12.6. The number of rotatable bonds is 27. The van der Waals surface area contributed by atoms with Gasteiger partial charge in [0.1, 0.15) is 6.10 Å². The molecule has 0 atom stereocenters. The Morgan fingerprint density at radius 3 is 1.44 bits per heavy atom. The van der Waals surface area contributed by atoms with E-state index in [1.54, 1.807) is 0 Å². The molecule has 242 valence electrons. The summed E-state index contributed by atoms with van der Waals surface area (Å²) in [6.45, 7) is 4.08. The molecule has 0 saturated carbocycles. The summed E-state index contributed by atoms with van der Waals surface area (Å²) >= 11 is 0. The second kappa shape index (κ2) is 24.2. The van der Waals surface area contributed by atoms with E-state index in [1.165, 1.54) is 62.5 Å². The van der Waals surface area contributed by atoms with Gasteiger partial charge in [0.2, 0.25) is 0 Å². The van der Waals surface area contributed by atoms with Crippen LogP contribution in [0.4, 0.5) is 0 Å².